The molecule has 0 saturated carbocycles. The molecule has 4 rings (SSSR count). The summed E-state index contributed by atoms with van der Waals surface area (Å²) in [5.41, 5.74) is 5.78. The van der Waals surface area contributed by atoms with Crippen molar-refractivity contribution in [2.45, 2.75) is 13.5 Å². The molecule has 1 aliphatic heterocycles. The highest BCUT2D eigenvalue weighted by Gasteiger charge is 2.28. The first-order valence-electron chi connectivity index (χ1n) is 7.35. The highest BCUT2D eigenvalue weighted by atomic mass is 35.5. The summed E-state index contributed by atoms with van der Waals surface area (Å²) in [5.74, 6) is 0. The number of halogens is 1. The van der Waals surface area contributed by atoms with E-state index in [9.17, 15) is 4.79 Å². The summed E-state index contributed by atoms with van der Waals surface area (Å²) in [6.07, 6.45) is 1.80. The Labute approximate surface area is 138 Å². The van der Waals surface area contributed by atoms with Gasteiger partial charge in [0.1, 0.15) is 6.33 Å². The third kappa shape index (κ3) is 2.23. The predicted molar refractivity (Wildman–Crippen MR) is 91.2 cm³/mol. The van der Waals surface area contributed by atoms with E-state index in [1.807, 2.05) is 41.0 Å². The fourth-order valence-electron chi connectivity index (χ4n) is 2.97. The number of aryl methyl sites for hydroxylation is 1. The van der Waals surface area contributed by atoms with Crippen LogP contribution in [0.1, 0.15) is 11.3 Å². The number of aromatic nitrogens is 2. The van der Waals surface area contributed by atoms with E-state index in [2.05, 4.69) is 24.0 Å². The minimum absolute atomic E-state index is 0.405. The number of carbonyl (C=O) groups is 1. The molecular weight excluding hydrogens is 310 g/mol. The molecule has 0 unspecified atom stereocenters. The van der Waals surface area contributed by atoms with Crippen LogP contribution in [0.4, 0.5) is 10.5 Å². The van der Waals surface area contributed by atoms with Crippen molar-refractivity contribution in [3.8, 4) is 16.9 Å². The van der Waals surface area contributed by atoms with Crippen LogP contribution < -0.4 is 4.90 Å². The second kappa shape index (κ2) is 5.25. The monoisotopic (exact) mass is 323 g/mol. The summed E-state index contributed by atoms with van der Waals surface area (Å²) in [4.78, 5) is 18.0. The average molecular weight is 324 g/mol. The number of hydrogen-bond donors (Lipinski definition) is 0. The number of para-hydroxylation sites is 2. The van der Waals surface area contributed by atoms with Gasteiger partial charge in [-0.25, -0.2) is 4.98 Å². The zero-order chi connectivity index (χ0) is 16.0. The van der Waals surface area contributed by atoms with E-state index < -0.39 is 5.37 Å². The standard InChI is InChI=1S/C18H14ClN3O/c1-12-6-8-13(9-7-12)17-16-10-21(18(19)23)14-4-2-3-5-15(14)22(16)11-20-17/h2-9,11H,10H2,1H3. The van der Waals surface area contributed by atoms with Crippen molar-refractivity contribution in [1.29, 1.82) is 0 Å². The van der Waals surface area contributed by atoms with Gasteiger partial charge in [-0.05, 0) is 30.7 Å². The van der Waals surface area contributed by atoms with Crippen molar-refractivity contribution in [2.75, 3.05) is 4.90 Å². The number of rotatable bonds is 1. The van der Waals surface area contributed by atoms with Crippen LogP contribution in [0.5, 0.6) is 0 Å². The number of anilines is 1. The van der Waals surface area contributed by atoms with E-state index in [0.29, 0.717) is 6.54 Å². The number of hydrogen-bond acceptors (Lipinski definition) is 2. The quantitative estimate of drug-likeness (QED) is 0.487. The largest absolute Gasteiger partial charge is 0.321 e. The fraction of sp³-hybridized carbons (Fsp3) is 0.111. The highest BCUT2D eigenvalue weighted by Crippen LogP contribution is 2.36. The van der Waals surface area contributed by atoms with E-state index in [1.54, 1.807) is 11.2 Å². The van der Waals surface area contributed by atoms with E-state index in [4.69, 9.17) is 11.6 Å². The van der Waals surface area contributed by atoms with E-state index >= 15 is 0 Å². The minimum atomic E-state index is -0.486. The summed E-state index contributed by atoms with van der Waals surface area (Å²) < 4.78 is 2.03. The summed E-state index contributed by atoms with van der Waals surface area (Å²) >= 11 is 5.79. The van der Waals surface area contributed by atoms with Crippen LogP contribution in [0, 0.1) is 6.92 Å². The Kier molecular flexibility index (Phi) is 3.20. The predicted octanol–water partition coefficient (Wildman–Crippen LogP) is 4.53. The summed E-state index contributed by atoms with van der Waals surface area (Å²) in [6.45, 7) is 2.46. The third-order valence-electron chi connectivity index (χ3n) is 4.14. The van der Waals surface area contributed by atoms with Gasteiger partial charge < -0.3 is 0 Å². The Hall–Kier alpha value is -2.59. The Balaban J connectivity index is 1.90. The van der Waals surface area contributed by atoms with Gasteiger partial charge in [-0.3, -0.25) is 14.3 Å². The Morgan fingerprint density at radius 3 is 2.48 bits per heavy atom. The van der Waals surface area contributed by atoms with Gasteiger partial charge in [-0.1, -0.05) is 42.0 Å². The summed E-state index contributed by atoms with van der Waals surface area (Å²) in [7, 11) is 0. The lowest BCUT2D eigenvalue weighted by molar-refractivity contribution is 0.263. The van der Waals surface area contributed by atoms with Crippen LogP contribution in [0.15, 0.2) is 54.9 Å². The molecule has 0 spiro atoms. The first-order chi connectivity index (χ1) is 11.1. The molecule has 23 heavy (non-hydrogen) atoms. The lowest BCUT2D eigenvalue weighted by Crippen LogP contribution is -2.31. The molecule has 0 bridgehead atoms. The maximum atomic E-state index is 11.8. The molecule has 0 N–H and O–H groups in total. The van der Waals surface area contributed by atoms with Gasteiger partial charge in [0.2, 0.25) is 0 Å². The maximum Gasteiger partial charge on any atom is 0.321 e. The molecule has 0 atom stereocenters. The zero-order valence-electron chi connectivity index (χ0n) is 12.5. The number of carbonyl (C=O) groups excluding carboxylic acids is 1. The van der Waals surface area contributed by atoms with Gasteiger partial charge in [0.25, 0.3) is 0 Å². The number of amides is 1. The maximum absolute atomic E-state index is 11.8. The number of nitrogens with zero attached hydrogens (tertiary/aromatic N) is 3. The fourth-order valence-corrected chi connectivity index (χ4v) is 3.12. The second-order valence-corrected chi connectivity index (χ2v) is 5.93. The van der Waals surface area contributed by atoms with Crippen LogP contribution in [0.25, 0.3) is 16.9 Å². The van der Waals surface area contributed by atoms with Gasteiger partial charge in [0.05, 0.1) is 29.3 Å². The van der Waals surface area contributed by atoms with E-state index in [0.717, 1.165) is 28.3 Å². The van der Waals surface area contributed by atoms with Gasteiger partial charge >= 0.3 is 5.37 Å². The molecule has 0 radical (unpaired) electrons. The zero-order valence-corrected chi connectivity index (χ0v) is 13.3. The van der Waals surface area contributed by atoms with Crippen molar-refractivity contribution in [3.05, 3.63) is 66.1 Å². The lowest BCUT2D eigenvalue weighted by atomic mass is 10.1. The number of imidazole rings is 1. The molecule has 0 aliphatic carbocycles. The molecule has 0 saturated heterocycles. The summed E-state index contributed by atoms with van der Waals surface area (Å²) in [6, 6.07) is 15.9. The number of fused-ring (bicyclic) bond motifs is 3. The Morgan fingerprint density at radius 2 is 1.78 bits per heavy atom. The normalized spacial score (nSPS) is 12.7. The molecule has 4 nitrogen and oxygen atoms in total. The topological polar surface area (TPSA) is 38.1 Å². The molecule has 3 aromatic rings. The van der Waals surface area contributed by atoms with Gasteiger partial charge in [-0.2, -0.15) is 0 Å². The molecule has 2 aromatic carbocycles. The van der Waals surface area contributed by atoms with Crippen LogP contribution in [-0.4, -0.2) is 14.9 Å². The van der Waals surface area contributed by atoms with Crippen LogP contribution in [0.3, 0.4) is 0 Å². The summed E-state index contributed by atoms with van der Waals surface area (Å²) in [5, 5.41) is -0.486. The van der Waals surface area contributed by atoms with Crippen molar-refractivity contribution in [1.82, 2.24) is 9.55 Å². The lowest BCUT2D eigenvalue weighted by Gasteiger charge is -2.29. The molecule has 114 valence electrons. The van der Waals surface area contributed by atoms with Crippen molar-refractivity contribution < 1.29 is 4.79 Å². The van der Waals surface area contributed by atoms with Crippen molar-refractivity contribution >= 4 is 22.7 Å². The van der Waals surface area contributed by atoms with E-state index in [1.165, 1.54) is 5.56 Å². The van der Waals surface area contributed by atoms with Crippen LogP contribution >= 0.6 is 11.6 Å². The van der Waals surface area contributed by atoms with Crippen molar-refractivity contribution in [2.24, 2.45) is 0 Å². The average Bonchev–Trinajstić information content (AvgIpc) is 2.99. The Bertz CT molecular complexity index is 899. The molecule has 5 heteroatoms. The minimum Gasteiger partial charge on any atom is -0.299 e. The molecule has 2 heterocycles. The smallest absolute Gasteiger partial charge is 0.299 e. The third-order valence-corrected chi connectivity index (χ3v) is 4.35. The molecule has 1 aliphatic rings. The highest BCUT2D eigenvalue weighted by molar-refractivity contribution is 6.66. The van der Waals surface area contributed by atoms with Gasteiger partial charge in [0, 0.05) is 5.56 Å². The first-order valence-corrected chi connectivity index (χ1v) is 7.72. The molecule has 1 amide bonds. The SMILES string of the molecule is Cc1ccc(-c2ncn3c2CN(C(=O)Cl)c2ccccc2-3)cc1. The first kappa shape index (κ1) is 14.0. The van der Waals surface area contributed by atoms with E-state index in [-0.39, 0.29) is 0 Å². The van der Waals surface area contributed by atoms with Crippen LogP contribution in [-0.2, 0) is 6.54 Å². The van der Waals surface area contributed by atoms with Crippen LogP contribution in [0.2, 0.25) is 0 Å². The molecular formula is C18H14ClN3O. The second-order valence-electron chi connectivity index (χ2n) is 5.60. The van der Waals surface area contributed by atoms with Crippen molar-refractivity contribution in [3.63, 3.8) is 0 Å². The molecule has 1 aromatic heterocycles. The number of benzene rings is 2. The van der Waals surface area contributed by atoms with Gasteiger partial charge in [-0.15, -0.1) is 0 Å². The molecule has 0 fully saturated rings. The van der Waals surface area contributed by atoms with Gasteiger partial charge in [0.15, 0.2) is 0 Å². The Morgan fingerprint density at radius 1 is 1.09 bits per heavy atom.